The number of anilines is 1. The number of unbranched alkanes of at least 4 members (excludes halogenated alkanes) is 1. The highest BCUT2D eigenvalue weighted by Crippen LogP contribution is 2.22. The predicted molar refractivity (Wildman–Crippen MR) is 91.4 cm³/mol. The van der Waals surface area contributed by atoms with Crippen molar-refractivity contribution in [2.45, 2.75) is 58.4 Å². The largest absolute Gasteiger partial charge is 0.374 e. The van der Waals surface area contributed by atoms with Crippen molar-refractivity contribution >= 4 is 11.6 Å². The van der Waals surface area contributed by atoms with Gasteiger partial charge in [-0.25, -0.2) is 0 Å². The number of hydrogen-bond donors (Lipinski definition) is 0. The van der Waals surface area contributed by atoms with Gasteiger partial charge in [0.1, 0.15) is 5.69 Å². The van der Waals surface area contributed by atoms with Crippen LogP contribution in [0, 0.1) is 0 Å². The average Bonchev–Trinajstić information content (AvgIpc) is 2.59. The SMILES string of the molecule is CCCCN(C)c1ccnc(C(=O)N2CCCCC2CC)c1. The molecule has 4 nitrogen and oxygen atoms in total. The van der Waals surface area contributed by atoms with Crippen molar-refractivity contribution in [1.29, 1.82) is 0 Å². The summed E-state index contributed by atoms with van der Waals surface area (Å²) in [6.07, 6.45) is 8.59. The fraction of sp³-hybridized carbons (Fsp3) is 0.667. The molecule has 0 aliphatic carbocycles. The van der Waals surface area contributed by atoms with Crippen LogP contribution in [0.3, 0.4) is 0 Å². The van der Waals surface area contributed by atoms with E-state index in [-0.39, 0.29) is 5.91 Å². The van der Waals surface area contributed by atoms with Gasteiger partial charge in [-0.1, -0.05) is 20.3 Å². The van der Waals surface area contributed by atoms with Crippen LogP contribution in [0.1, 0.15) is 62.9 Å². The number of carbonyl (C=O) groups is 1. The maximum Gasteiger partial charge on any atom is 0.272 e. The lowest BCUT2D eigenvalue weighted by Crippen LogP contribution is -2.43. The minimum atomic E-state index is 0.0947. The van der Waals surface area contributed by atoms with Crippen LogP contribution < -0.4 is 4.90 Å². The van der Waals surface area contributed by atoms with Gasteiger partial charge < -0.3 is 9.80 Å². The highest BCUT2D eigenvalue weighted by Gasteiger charge is 2.27. The Bertz CT molecular complexity index is 489. The van der Waals surface area contributed by atoms with Gasteiger partial charge in [0.05, 0.1) is 0 Å². The van der Waals surface area contributed by atoms with Gasteiger partial charge in [-0.2, -0.15) is 0 Å². The molecule has 0 spiro atoms. The van der Waals surface area contributed by atoms with Gasteiger partial charge in [0.25, 0.3) is 5.91 Å². The Labute approximate surface area is 134 Å². The third kappa shape index (κ3) is 3.99. The minimum absolute atomic E-state index is 0.0947. The minimum Gasteiger partial charge on any atom is -0.374 e. The van der Waals surface area contributed by atoms with E-state index >= 15 is 0 Å². The quantitative estimate of drug-likeness (QED) is 0.803. The Morgan fingerprint density at radius 2 is 2.23 bits per heavy atom. The van der Waals surface area contributed by atoms with Crippen LogP contribution in [-0.2, 0) is 0 Å². The zero-order valence-corrected chi connectivity index (χ0v) is 14.2. The maximum atomic E-state index is 12.8. The topological polar surface area (TPSA) is 36.4 Å². The predicted octanol–water partition coefficient (Wildman–Crippen LogP) is 3.72. The first-order valence-electron chi connectivity index (χ1n) is 8.65. The molecule has 1 atom stereocenters. The van der Waals surface area contributed by atoms with Gasteiger partial charge in [0.2, 0.25) is 0 Å². The van der Waals surface area contributed by atoms with E-state index in [0.29, 0.717) is 11.7 Å². The lowest BCUT2D eigenvalue weighted by atomic mass is 9.99. The number of rotatable bonds is 6. The van der Waals surface area contributed by atoms with Gasteiger partial charge >= 0.3 is 0 Å². The van der Waals surface area contributed by atoms with E-state index in [1.54, 1.807) is 6.20 Å². The van der Waals surface area contributed by atoms with Crippen LogP contribution >= 0.6 is 0 Å². The summed E-state index contributed by atoms with van der Waals surface area (Å²) in [6.45, 7) is 6.24. The van der Waals surface area contributed by atoms with Gasteiger partial charge in [0.15, 0.2) is 0 Å². The Morgan fingerprint density at radius 1 is 1.41 bits per heavy atom. The first kappa shape index (κ1) is 16.8. The second-order valence-corrected chi connectivity index (χ2v) is 6.23. The number of likely N-dealkylation sites (tertiary alicyclic amines) is 1. The van der Waals surface area contributed by atoms with Crippen LogP contribution in [0.4, 0.5) is 5.69 Å². The number of carbonyl (C=O) groups excluding carboxylic acids is 1. The fourth-order valence-electron chi connectivity index (χ4n) is 3.14. The standard InChI is InChI=1S/C18H29N3O/c1-4-6-12-20(3)16-10-11-19-17(14-16)18(22)21-13-8-7-9-15(21)5-2/h10-11,14-15H,4-9,12-13H2,1-3H3. The molecule has 1 aliphatic heterocycles. The van der Waals surface area contributed by atoms with Crippen molar-refractivity contribution in [3.63, 3.8) is 0 Å². The molecule has 0 bridgehead atoms. The van der Waals surface area contributed by atoms with Crippen LogP contribution in [-0.4, -0.2) is 42.0 Å². The van der Waals surface area contributed by atoms with Gasteiger partial charge in [-0.3, -0.25) is 9.78 Å². The molecule has 1 aromatic heterocycles. The van der Waals surface area contributed by atoms with Gasteiger partial charge in [0, 0.05) is 38.1 Å². The highest BCUT2D eigenvalue weighted by molar-refractivity contribution is 5.93. The maximum absolute atomic E-state index is 12.8. The summed E-state index contributed by atoms with van der Waals surface area (Å²) in [5.41, 5.74) is 1.66. The Balaban J connectivity index is 2.12. The smallest absolute Gasteiger partial charge is 0.272 e. The Kier molecular flexibility index (Phi) is 6.22. The van der Waals surface area contributed by atoms with Crippen LogP contribution in [0.2, 0.25) is 0 Å². The number of piperidine rings is 1. The Hall–Kier alpha value is -1.58. The molecule has 122 valence electrons. The fourth-order valence-corrected chi connectivity index (χ4v) is 3.14. The summed E-state index contributed by atoms with van der Waals surface area (Å²) in [7, 11) is 2.08. The molecular weight excluding hydrogens is 274 g/mol. The van der Waals surface area contributed by atoms with E-state index in [9.17, 15) is 4.79 Å². The van der Waals surface area contributed by atoms with E-state index in [1.165, 1.54) is 12.8 Å². The number of hydrogen-bond acceptors (Lipinski definition) is 3. The van der Waals surface area contributed by atoms with Crippen LogP contribution in [0.5, 0.6) is 0 Å². The van der Waals surface area contributed by atoms with E-state index in [0.717, 1.165) is 44.5 Å². The molecule has 1 aromatic rings. The average molecular weight is 303 g/mol. The van der Waals surface area contributed by atoms with Crippen molar-refractivity contribution in [3.05, 3.63) is 24.0 Å². The lowest BCUT2D eigenvalue weighted by molar-refractivity contribution is 0.0602. The number of pyridine rings is 1. The molecule has 0 N–H and O–H groups in total. The van der Waals surface area contributed by atoms with Crippen molar-refractivity contribution < 1.29 is 4.79 Å². The molecule has 1 saturated heterocycles. The van der Waals surface area contributed by atoms with Gasteiger partial charge in [-0.15, -0.1) is 0 Å². The molecule has 1 aliphatic rings. The summed E-state index contributed by atoms with van der Waals surface area (Å²) in [5, 5.41) is 0. The summed E-state index contributed by atoms with van der Waals surface area (Å²) >= 11 is 0. The van der Waals surface area contributed by atoms with Gasteiger partial charge in [-0.05, 0) is 44.2 Å². The highest BCUT2D eigenvalue weighted by atomic mass is 16.2. The third-order valence-electron chi connectivity index (χ3n) is 4.61. The summed E-state index contributed by atoms with van der Waals surface area (Å²) < 4.78 is 0. The molecule has 2 heterocycles. The second kappa shape index (κ2) is 8.16. The lowest BCUT2D eigenvalue weighted by Gasteiger charge is -2.35. The monoisotopic (exact) mass is 303 g/mol. The van der Waals surface area contributed by atoms with Crippen LogP contribution in [0.25, 0.3) is 0 Å². The van der Waals surface area contributed by atoms with E-state index < -0.39 is 0 Å². The van der Waals surface area contributed by atoms with E-state index in [1.807, 2.05) is 17.0 Å². The molecular formula is C18H29N3O. The molecule has 1 fully saturated rings. The normalized spacial score (nSPS) is 18.3. The summed E-state index contributed by atoms with van der Waals surface area (Å²) in [4.78, 5) is 21.4. The second-order valence-electron chi connectivity index (χ2n) is 6.23. The Morgan fingerprint density at radius 3 is 2.95 bits per heavy atom. The molecule has 0 saturated carbocycles. The van der Waals surface area contributed by atoms with E-state index in [2.05, 4.69) is 30.8 Å². The molecule has 2 rings (SSSR count). The molecule has 4 heteroatoms. The molecule has 1 amide bonds. The summed E-state index contributed by atoms with van der Waals surface area (Å²) in [6, 6.07) is 4.31. The first-order valence-corrected chi connectivity index (χ1v) is 8.65. The van der Waals surface area contributed by atoms with E-state index in [4.69, 9.17) is 0 Å². The molecule has 0 radical (unpaired) electrons. The zero-order valence-electron chi connectivity index (χ0n) is 14.2. The molecule has 1 unspecified atom stereocenters. The van der Waals surface area contributed by atoms with Crippen molar-refractivity contribution in [2.24, 2.45) is 0 Å². The number of aromatic nitrogens is 1. The van der Waals surface area contributed by atoms with Crippen molar-refractivity contribution in [2.75, 3.05) is 25.0 Å². The molecule has 22 heavy (non-hydrogen) atoms. The first-order chi connectivity index (χ1) is 10.7. The molecule has 0 aromatic carbocycles. The van der Waals surface area contributed by atoms with Crippen molar-refractivity contribution in [1.82, 2.24) is 9.88 Å². The third-order valence-corrected chi connectivity index (χ3v) is 4.61. The zero-order chi connectivity index (χ0) is 15.9. The van der Waals surface area contributed by atoms with Crippen LogP contribution in [0.15, 0.2) is 18.3 Å². The van der Waals surface area contributed by atoms with Crippen molar-refractivity contribution in [3.8, 4) is 0 Å². The number of amides is 1. The summed E-state index contributed by atoms with van der Waals surface area (Å²) in [5.74, 6) is 0.0947. The number of nitrogens with zero attached hydrogens (tertiary/aromatic N) is 3.